The van der Waals surface area contributed by atoms with Gasteiger partial charge in [0.25, 0.3) is 10.2 Å². The Balaban J connectivity index is 0.000000487. The second-order valence-electron chi connectivity index (χ2n) is 4.51. The largest absolute Gasteiger partial charge is 0.423 e. The van der Waals surface area contributed by atoms with E-state index < -0.39 is 10.2 Å². The van der Waals surface area contributed by atoms with Crippen molar-refractivity contribution in [3.63, 3.8) is 0 Å². The molecule has 10 nitrogen and oxygen atoms in total. The van der Waals surface area contributed by atoms with E-state index in [4.69, 9.17) is 4.42 Å². The van der Waals surface area contributed by atoms with Crippen molar-refractivity contribution in [2.75, 3.05) is 19.0 Å². The summed E-state index contributed by atoms with van der Waals surface area (Å²) in [4.78, 5) is 39.4. The van der Waals surface area contributed by atoms with Gasteiger partial charge in [0, 0.05) is 22.1 Å². The van der Waals surface area contributed by atoms with Crippen LogP contribution < -0.4 is 5.63 Å². The molecule has 2 aromatic rings. The van der Waals surface area contributed by atoms with Crippen molar-refractivity contribution in [1.82, 2.24) is 0 Å². The number of hydrogen-bond donors (Lipinski definition) is 0. The highest BCUT2D eigenvalue weighted by molar-refractivity contribution is 8.76. The second-order valence-corrected chi connectivity index (χ2v) is 7.00. The molecule has 0 spiro atoms. The zero-order chi connectivity index (χ0) is 19.5. The summed E-state index contributed by atoms with van der Waals surface area (Å²) in [5.41, 5.74) is 1.05. The highest BCUT2D eigenvalue weighted by atomic mass is 33.1. The third kappa shape index (κ3) is 8.07. The molecule has 142 valence electrons. The molecule has 0 saturated heterocycles. The van der Waals surface area contributed by atoms with Gasteiger partial charge in [-0.05, 0) is 37.6 Å². The Morgan fingerprint density at radius 1 is 1.15 bits per heavy atom. The maximum absolute atomic E-state index is 11.3. The standard InChI is InChI=1S/C12H11NO5S2.C2H5NO3/c1-8-6-12(14)18-11-7-9(2-3-10(8)11)20-19-5-4-17-13(15)16;1-2-6-3(4)5/h2-3,6-7H,4-5H2,1H3;2H2,1H3. The number of nitrogens with zero attached hydrogens (tertiary/aromatic N) is 2. The van der Waals surface area contributed by atoms with Crippen molar-refractivity contribution in [1.29, 1.82) is 0 Å². The maximum atomic E-state index is 11.3. The van der Waals surface area contributed by atoms with E-state index in [0.29, 0.717) is 11.3 Å². The van der Waals surface area contributed by atoms with Gasteiger partial charge in [0.05, 0.1) is 6.61 Å². The fourth-order valence-corrected chi connectivity index (χ4v) is 3.53. The van der Waals surface area contributed by atoms with Crippen molar-refractivity contribution >= 4 is 32.6 Å². The first-order valence-electron chi connectivity index (χ1n) is 7.22. The molecular formula is C14H16N2O8S2. The van der Waals surface area contributed by atoms with E-state index in [2.05, 4.69) is 9.68 Å². The van der Waals surface area contributed by atoms with Crippen LogP contribution in [0.2, 0.25) is 0 Å². The van der Waals surface area contributed by atoms with Gasteiger partial charge in [-0.1, -0.05) is 21.6 Å². The number of rotatable bonds is 8. The fraction of sp³-hybridized carbons (Fsp3) is 0.357. The summed E-state index contributed by atoms with van der Waals surface area (Å²) in [6.45, 7) is 3.60. The molecule has 1 aromatic carbocycles. The Labute approximate surface area is 155 Å². The Hall–Kier alpha value is -2.47. The minimum Gasteiger partial charge on any atom is -0.423 e. The van der Waals surface area contributed by atoms with Gasteiger partial charge < -0.3 is 14.1 Å². The first-order valence-corrected chi connectivity index (χ1v) is 9.54. The Morgan fingerprint density at radius 2 is 1.85 bits per heavy atom. The van der Waals surface area contributed by atoms with E-state index in [-0.39, 0.29) is 18.8 Å². The van der Waals surface area contributed by atoms with Crippen LogP contribution in [0, 0.1) is 27.2 Å². The molecule has 2 rings (SSSR count). The van der Waals surface area contributed by atoms with Crippen molar-refractivity contribution in [3.05, 3.63) is 60.5 Å². The zero-order valence-electron chi connectivity index (χ0n) is 13.9. The number of fused-ring (bicyclic) bond motifs is 1. The Kier molecular flexibility index (Phi) is 9.30. The number of benzene rings is 1. The third-order valence-electron chi connectivity index (χ3n) is 2.68. The molecule has 26 heavy (non-hydrogen) atoms. The van der Waals surface area contributed by atoms with E-state index in [1.807, 2.05) is 19.1 Å². The van der Waals surface area contributed by atoms with Gasteiger partial charge in [-0.3, -0.25) is 0 Å². The minimum atomic E-state index is -0.819. The molecule has 1 aromatic heterocycles. The highest BCUT2D eigenvalue weighted by Crippen LogP contribution is 2.33. The summed E-state index contributed by atoms with van der Waals surface area (Å²) in [6, 6.07) is 7.06. The molecule has 0 fully saturated rings. The minimum absolute atomic E-state index is 0.0481. The van der Waals surface area contributed by atoms with Gasteiger partial charge in [-0.25, -0.2) is 4.79 Å². The zero-order valence-corrected chi connectivity index (χ0v) is 15.5. The molecule has 0 unspecified atom stereocenters. The molecule has 0 amide bonds. The lowest BCUT2D eigenvalue weighted by molar-refractivity contribution is -0.756. The van der Waals surface area contributed by atoms with E-state index in [9.17, 15) is 25.0 Å². The molecule has 0 aliphatic heterocycles. The molecular weight excluding hydrogens is 388 g/mol. The SMILES string of the molecule is CCO[N+](=O)[O-].Cc1cc(=O)oc2cc(SSCCO[N+](=O)[O-])ccc12. The van der Waals surface area contributed by atoms with Gasteiger partial charge >= 0.3 is 5.63 Å². The van der Waals surface area contributed by atoms with Crippen LogP contribution in [0.4, 0.5) is 0 Å². The average Bonchev–Trinajstić information content (AvgIpc) is 2.54. The van der Waals surface area contributed by atoms with Crippen LogP contribution >= 0.6 is 21.6 Å². The molecule has 0 aliphatic rings. The maximum Gasteiger partial charge on any atom is 0.336 e. The van der Waals surface area contributed by atoms with E-state index in [1.165, 1.54) is 27.7 Å². The van der Waals surface area contributed by atoms with Crippen LogP contribution in [0.5, 0.6) is 0 Å². The van der Waals surface area contributed by atoms with Crippen molar-refractivity contribution in [2.24, 2.45) is 0 Å². The summed E-state index contributed by atoms with van der Waals surface area (Å²) >= 11 is 0. The summed E-state index contributed by atoms with van der Waals surface area (Å²) in [7, 11) is 2.88. The van der Waals surface area contributed by atoms with E-state index in [0.717, 1.165) is 15.8 Å². The van der Waals surface area contributed by atoms with Crippen LogP contribution in [0.15, 0.2) is 38.4 Å². The van der Waals surface area contributed by atoms with Crippen LogP contribution in [-0.4, -0.2) is 29.1 Å². The summed E-state index contributed by atoms with van der Waals surface area (Å²) < 4.78 is 5.15. The molecule has 0 saturated carbocycles. The molecule has 1 heterocycles. The molecule has 0 aliphatic carbocycles. The predicted molar refractivity (Wildman–Crippen MR) is 97.1 cm³/mol. The van der Waals surface area contributed by atoms with Crippen molar-refractivity contribution in [2.45, 2.75) is 18.7 Å². The number of hydrogen-bond acceptors (Lipinski definition) is 10. The van der Waals surface area contributed by atoms with Crippen molar-refractivity contribution < 1.29 is 24.3 Å². The van der Waals surface area contributed by atoms with Crippen LogP contribution in [0.1, 0.15) is 12.5 Å². The molecule has 0 N–H and O–H groups in total. The van der Waals surface area contributed by atoms with Crippen LogP contribution in [0.25, 0.3) is 11.0 Å². The van der Waals surface area contributed by atoms with Crippen molar-refractivity contribution in [3.8, 4) is 0 Å². The fourth-order valence-electron chi connectivity index (χ4n) is 1.72. The summed E-state index contributed by atoms with van der Waals surface area (Å²) in [5.74, 6) is 0.488. The van der Waals surface area contributed by atoms with Gasteiger partial charge in [-0.2, -0.15) is 0 Å². The lowest BCUT2D eigenvalue weighted by Gasteiger charge is -2.04. The second kappa shape index (κ2) is 11.2. The van der Waals surface area contributed by atoms with E-state index >= 15 is 0 Å². The number of aryl methyl sites for hydroxylation is 1. The highest BCUT2D eigenvalue weighted by Gasteiger charge is 2.04. The lowest BCUT2D eigenvalue weighted by Crippen LogP contribution is -2.03. The smallest absolute Gasteiger partial charge is 0.336 e. The normalized spacial score (nSPS) is 9.92. The van der Waals surface area contributed by atoms with Gasteiger partial charge in [0.1, 0.15) is 12.2 Å². The van der Waals surface area contributed by atoms with Gasteiger partial charge in [-0.15, -0.1) is 20.2 Å². The monoisotopic (exact) mass is 404 g/mol. The summed E-state index contributed by atoms with van der Waals surface area (Å²) in [6.07, 6.45) is 0. The lowest BCUT2D eigenvalue weighted by atomic mass is 10.1. The molecule has 0 radical (unpaired) electrons. The van der Waals surface area contributed by atoms with Gasteiger partial charge in [0.15, 0.2) is 0 Å². The molecule has 0 atom stereocenters. The topological polar surface area (TPSA) is 135 Å². The summed E-state index contributed by atoms with van der Waals surface area (Å²) in [5, 5.41) is 18.4. The first-order chi connectivity index (χ1) is 12.3. The van der Waals surface area contributed by atoms with E-state index in [1.54, 1.807) is 13.0 Å². The van der Waals surface area contributed by atoms with Crippen LogP contribution in [-0.2, 0) is 9.68 Å². The third-order valence-corrected chi connectivity index (χ3v) is 5.00. The van der Waals surface area contributed by atoms with Crippen LogP contribution in [0.3, 0.4) is 0 Å². The van der Waals surface area contributed by atoms with Gasteiger partial charge in [0.2, 0.25) is 0 Å². The quantitative estimate of drug-likeness (QED) is 0.212. The molecule has 12 heteroatoms. The average molecular weight is 404 g/mol. The Bertz CT molecular complexity index is 811. The Morgan fingerprint density at radius 3 is 2.42 bits per heavy atom. The first kappa shape index (κ1) is 21.6. The predicted octanol–water partition coefficient (Wildman–Crippen LogP) is 3.26. The molecule has 0 bridgehead atoms.